The third-order valence-electron chi connectivity index (χ3n) is 3.77. The molecule has 0 rings (SSSR count). The Morgan fingerprint density at radius 1 is 0.909 bits per heavy atom. The lowest BCUT2D eigenvalue weighted by Gasteiger charge is -2.16. The highest BCUT2D eigenvalue weighted by Crippen LogP contribution is 2.28. The van der Waals surface area contributed by atoms with Crippen molar-refractivity contribution < 1.29 is 18.7 Å². The zero-order valence-corrected chi connectivity index (χ0v) is 14.0. The van der Waals surface area contributed by atoms with Crippen LogP contribution in [-0.2, 0) is 4.79 Å². The Bertz CT molecular complexity index is 301. The molecule has 22 heavy (non-hydrogen) atoms. The van der Waals surface area contributed by atoms with E-state index in [9.17, 15) is 13.6 Å². The number of hydrogen-bond donors (Lipinski definition) is 1. The predicted octanol–water partition coefficient (Wildman–Crippen LogP) is 6.35. The Morgan fingerprint density at radius 3 is 2.00 bits per heavy atom. The van der Waals surface area contributed by atoms with Crippen LogP contribution >= 0.6 is 0 Å². The molecule has 0 unspecified atom stereocenters. The smallest absolute Gasteiger partial charge is 0.307 e. The third kappa shape index (κ3) is 15.5. The van der Waals surface area contributed by atoms with Gasteiger partial charge in [-0.2, -0.15) is 0 Å². The molecule has 0 aromatic rings. The van der Waals surface area contributed by atoms with Crippen LogP contribution in [0.15, 0.2) is 12.2 Å². The maximum Gasteiger partial charge on any atom is 0.307 e. The highest BCUT2D eigenvalue weighted by atomic mass is 19.3. The summed E-state index contributed by atoms with van der Waals surface area (Å²) < 4.78 is 27.2. The number of hydrogen-bond acceptors (Lipinski definition) is 1. The Balaban J connectivity index is 3.44. The molecule has 0 aliphatic rings. The van der Waals surface area contributed by atoms with Crippen LogP contribution in [-0.4, -0.2) is 17.0 Å². The summed E-state index contributed by atoms with van der Waals surface area (Å²) in [5.74, 6) is -3.32. The molecule has 0 saturated heterocycles. The second-order valence-corrected chi connectivity index (χ2v) is 6.04. The number of halogens is 2. The van der Waals surface area contributed by atoms with Gasteiger partial charge in [-0.3, -0.25) is 4.79 Å². The van der Waals surface area contributed by atoms with E-state index >= 15 is 0 Å². The second-order valence-electron chi connectivity index (χ2n) is 6.04. The van der Waals surface area contributed by atoms with Crippen LogP contribution < -0.4 is 0 Å². The van der Waals surface area contributed by atoms with Gasteiger partial charge in [0.1, 0.15) is 0 Å². The van der Waals surface area contributed by atoms with Crippen molar-refractivity contribution in [3.63, 3.8) is 0 Å². The van der Waals surface area contributed by atoms with Crippen LogP contribution in [0, 0.1) is 0 Å². The predicted molar refractivity (Wildman–Crippen MR) is 87.4 cm³/mol. The molecular weight excluding hydrogens is 286 g/mol. The first-order chi connectivity index (χ1) is 10.5. The number of allylic oxidation sites excluding steroid dienone is 1. The molecule has 0 heterocycles. The minimum absolute atomic E-state index is 0.00955. The van der Waals surface area contributed by atoms with Crippen molar-refractivity contribution in [2.45, 2.75) is 96.3 Å². The molecule has 1 N–H and O–H groups in total. The van der Waals surface area contributed by atoms with E-state index in [-0.39, 0.29) is 19.3 Å². The molecule has 0 bridgehead atoms. The van der Waals surface area contributed by atoms with Gasteiger partial charge < -0.3 is 5.11 Å². The van der Waals surface area contributed by atoms with Crippen molar-refractivity contribution in [1.29, 1.82) is 0 Å². The lowest BCUT2D eigenvalue weighted by atomic mass is 10.0. The minimum atomic E-state index is -2.49. The first-order valence-electron chi connectivity index (χ1n) is 8.72. The Kier molecular flexibility index (Phi) is 13.1. The van der Waals surface area contributed by atoms with Gasteiger partial charge in [0.2, 0.25) is 5.92 Å². The summed E-state index contributed by atoms with van der Waals surface area (Å²) in [4.78, 5) is 10.3. The first kappa shape index (κ1) is 21.1. The van der Waals surface area contributed by atoms with Crippen molar-refractivity contribution in [2.24, 2.45) is 0 Å². The van der Waals surface area contributed by atoms with E-state index in [0.717, 1.165) is 51.4 Å². The molecule has 0 radical (unpaired) electrons. The quantitative estimate of drug-likeness (QED) is 0.282. The monoisotopic (exact) mass is 318 g/mol. The van der Waals surface area contributed by atoms with E-state index in [2.05, 4.69) is 6.92 Å². The Hall–Kier alpha value is -0.930. The van der Waals surface area contributed by atoms with Gasteiger partial charge in [-0.05, 0) is 25.7 Å². The summed E-state index contributed by atoms with van der Waals surface area (Å²) in [6.07, 6.45) is 12.7. The van der Waals surface area contributed by atoms with Gasteiger partial charge in [-0.15, -0.1) is 0 Å². The molecule has 4 heteroatoms. The normalized spacial score (nSPS) is 12.1. The standard InChI is InChI=1S/C18H32F2O2/c1-2-3-4-9-12-15-18(19,20)16-13-10-7-5-6-8-11-14-17(21)22/h8,11H,2-7,9-10,12-16H2,1H3,(H,21,22)/b11-8+. The van der Waals surface area contributed by atoms with Crippen molar-refractivity contribution in [1.82, 2.24) is 0 Å². The largest absolute Gasteiger partial charge is 0.481 e. The van der Waals surface area contributed by atoms with E-state index in [0.29, 0.717) is 12.8 Å². The fourth-order valence-electron chi connectivity index (χ4n) is 2.41. The minimum Gasteiger partial charge on any atom is -0.481 e. The molecule has 0 atom stereocenters. The van der Waals surface area contributed by atoms with Crippen LogP contribution in [0.1, 0.15) is 90.4 Å². The number of carbonyl (C=O) groups is 1. The Labute approximate surface area is 134 Å². The lowest BCUT2D eigenvalue weighted by molar-refractivity contribution is -0.136. The molecule has 0 saturated carbocycles. The molecule has 0 amide bonds. The number of rotatable bonds is 15. The van der Waals surface area contributed by atoms with E-state index in [4.69, 9.17) is 5.11 Å². The average molecular weight is 318 g/mol. The zero-order valence-electron chi connectivity index (χ0n) is 14.0. The van der Waals surface area contributed by atoms with Crippen LogP contribution in [0.5, 0.6) is 0 Å². The SMILES string of the molecule is CCCCCCCC(F)(F)CCCCCC/C=C/CC(=O)O. The first-order valence-corrected chi connectivity index (χ1v) is 8.72. The summed E-state index contributed by atoms with van der Waals surface area (Å²) in [6.45, 7) is 2.12. The number of aliphatic carboxylic acids is 1. The lowest BCUT2D eigenvalue weighted by Crippen LogP contribution is -2.15. The van der Waals surface area contributed by atoms with Gasteiger partial charge >= 0.3 is 5.97 Å². The summed E-state index contributed by atoms with van der Waals surface area (Å²) in [5.41, 5.74) is 0. The number of unbranched alkanes of at least 4 members (excludes halogenated alkanes) is 8. The molecule has 0 aliphatic carbocycles. The van der Waals surface area contributed by atoms with E-state index in [1.807, 2.05) is 6.08 Å². The molecule has 0 fully saturated rings. The maximum absolute atomic E-state index is 13.6. The van der Waals surface area contributed by atoms with Gasteiger partial charge in [0.15, 0.2) is 0 Å². The average Bonchev–Trinajstić information content (AvgIpc) is 2.45. The highest BCUT2D eigenvalue weighted by Gasteiger charge is 2.26. The zero-order chi connectivity index (χ0) is 16.7. The van der Waals surface area contributed by atoms with Crippen LogP contribution in [0.2, 0.25) is 0 Å². The summed E-state index contributed by atoms with van der Waals surface area (Å²) in [5, 5.41) is 8.44. The van der Waals surface area contributed by atoms with Gasteiger partial charge in [0.25, 0.3) is 0 Å². The molecule has 0 aliphatic heterocycles. The number of alkyl halides is 2. The van der Waals surface area contributed by atoms with Crippen molar-refractivity contribution in [3.05, 3.63) is 12.2 Å². The summed E-state index contributed by atoms with van der Waals surface area (Å²) in [7, 11) is 0. The molecule has 130 valence electrons. The topological polar surface area (TPSA) is 37.3 Å². The van der Waals surface area contributed by atoms with Crippen LogP contribution in [0.3, 0.4) is 0 Å². The number of carboxylic acid groups (broad SMARTS) is 1. The van der Waals surface area contributed by atoms with Gasteiger partial charge in [-0.25, -0.2) is 8.78 Å². The molecule has 0 spiro atoms. The number of carboxylic acids is 1. The second kappa shape index (κ2) is 13.7. The van der Waals surface area contributed by atoms with Gasteiger partial charge in [0.05, 0.1) is 6.42 Å². The van der Waals surface area contributed by atoms with Crippen LogP contribution in [0.25, 0.3) is 0 Å². The van der Waals surface area contributed by atoms with E-state index < -0.39 is 11.9 Å². The van der Waals surface area contributed by atoms with Gasteiger partial charge in [0, 0.05) is 12.8 Å². The fraction of sp³-hybridized carbons (Fsp3) is 0.833. The summed E-state index contributed by atoms with van der Waals surface area (Å²) >= 11 is 0. The maximum atomic E-state index is 13.6. The highest BCUT2D eigenvalue weighted by molar-refractivity contribution is 5.68. The molecule has 0 aromatic heterocycles. The fourth-order valence-corrected chi connectivity index (χ4v) is 2.41. The molecule has 0 aromatic carbocycles. The summed E-state index contributed by atoms with van der Waals surface area (Å²) in [6, 6.07) is 0. The third-order valence-corrected chi connectivity index (χ3v) is 3.77. The van der Waals surface area contributed by atoms with Crippen molar-refractivity contribution in [2.75, 3.05) is 0 Å². The van der Waals surface area contributed by atoms with Gasteiger partial charge in [-0.1, -0.05) is 57.6 Å². The van der Waals surface area contributed by atoms with Crippen molar-refractivity contribution >= 4 is 5.97 Å². The van der Waals surface area contributed by atoms with Crippen LogP contribution in [0.4, 0.5) is 8.78 Å². The van der Waals surface area contributed by atoms with E-state index in [1.165, 1.54) is 0 Å². The molecule has 2 nitrogen and oxygen atoms in total. The Morgan fingerprint density at radius 2 is 1.45 bits per heavy atom. The van der Waals surface area contributed by atoms with Crippen molar-refractivity contribution in [3.8, 4) is 0 Å². The van der Waals surface area contributed by atoms with E-state index in [1.54, 1.807) is 6.08 Å². The molecular formula is C18H32F2O2.